The number of rotatable bonds is 9. The summed E-state index contributed by atoms with van der Waals surface area (Å²) in [5.74, 6) is -5.08. The molecule has 192 valence electrons. The fourth-order valence-corrected chi connectivity index (χ4v) is 4.11. The molecule has 0 saturated carbocycles. The lowest BCUT2D eigenvalue weighted by Crippen LogP contribution is -2.32. The van der Waals surface area contributed by atoms with Crippen molar-refractivity contribution in [2.24, 2.45) is 5.92 Å². The van der Waals surface area contributed by atoms with Crippen LogP contribution < -0.4 is 5.56 Å². The second-order valence-electron chi connectivity index (χ2n) is 8.90. The lowest BCUT2D eigenvalue weighted by molar-refractivity contribution is -0.146. The highest BCUT2D eigenvalue weighted by atomic mass is 19.2. The molecule has 1 aromatic heterocycles. The van der Waals surface area contributed by atoms with Gasteiger partial charge in [0.15, 0.2) is 11.6 Å². The van der Waals surface area contributed by atoms with Crippen LogP contribution in [0.2, 0.25) is 0 Å². The summed E-state index contributed by atoms with van der Waals surface area (Å²) >= 11 is 0. The Morgan fingerprint density at radius 2 is 1.62 bits per heavy atom. The van der Waals surface area contributed by atoms with E-state index in [0.717, 1.165) is 33.5 Å². The van der Waals surface area contributed by atoms with Crippen LogP contribution in [0.5, 0.6) is 0 Å². The summed E-state index contributed by atoms with van der Waals surface area (Å²) in [7, 11) is 0. The summed E-state index contributed by atoms with van der Waals surface area (Å²) in [5.41, 5.74) is 2.14. The number of aliphatic hydroxyl groups excluding tert-OH is 1. The molecule has 0 aliphatic heterocycles. The third-order valence-electron chi connectivity index (χ3n) is 6.39. The van der Waals surface area contributed by atoms with Crippen molar-refractivity contribution in [3.63, 3.8) is 0 Å². The zero-order valence-electron chi connectivity index (χ0n) is 19.9. The number of hydrogen-bond acceptors (Lipinski definition) is 5. The van der Waals surface area contributed by atoms with Crippen LogP contribution >= 0.6 is 0 Å². The van der Waals surface area contributed by atoms with Gasteiger partial charge < -0.3 is 10.2 Å². The summed E-state index contributed by atoms with van der Waals surface area (Å²) in [6, 6.07) is 13.8. The van der Waals surface area contributed by atoms with E-state index in [0.29, 0.717) is 12.0 Å². The SMILES string of the molecule is Cc1ccc(-c2ccc(CC[C@@H](O)[C@H](CCn3nnc4cc(F)c(F)cc4c3=O)C(=O)O)cc2)cc1F. The van der Waals surface area contributed by atoms with Gasteiger partial charge in [0, 0.05) is 12.6 Å². The van der Waals surface area contributed by atoms with E-state index in [4.69, 9.17) is 0 Å². The summed E-state index contributed by atoms with van der Waals surface area (Å²) in [4.78, 5) is 24.4. The van der Waals surface area contributed by atoms with Crippen molar-refractivity contribution in [1.29, 1.82) is 0 Å². The van der Waals surface area contributed by atoms with E-state index in [1.165, 1.54) is 6.07 Å². The van der Waals surface area contributed by atoms with E-state index in [-0.39, 0.29) is 36.1 Å². The summed E-state index contributed by atoms with van der Waals surface area (Å²) in [6.45, 7) is 1.51. The van der Waals surface area contributed by atoms with Crippen LogP contribution in [-0.2, 0) is 17.8 Å². The van der Waals surface area contributed by atoms with Gasteiger partial charge in [-0.1, -0.05) is 41.6 Å². The maximum Gasteiger partial charge on any atom is 0.309 e. The lowest BCUT2D eigenvalue weighted by Gasteiger charge is -2.19. The van der Waals surface area contributed by atoms with Gasteiger partial charge in [-0.15, -0.1) is 5.10 Å². The Bertz CT molecular complexity index is 1510. The number of halogens is 3. The number of hydrogen-bond donors (Lipinski definition) is 2. The molecule has 37 heavy (non-hydrogen) atoms. The molecule has 0 aliphatic carbocycles. The van der Waals surface area contributed by atoms with Gasteiger partial charge in [-0.05, 0) is 60.6 Å². The maximum atomic E-state index is 13.9. The van der Waals surface area contributed by atoms with Gasteiger partial charge in [-0.25, -0.2) is 17.9 Å². The van der Waals surface area contributed by atoms with Gasteiger partial charge in [0.1, 0.15) is 11.3 Å². The van der Waals surface area contributed by atoms with Crippen LogP contribution in [-0.4, -0.2) is 37.3 Å². The first-order chi connectivity index (χ1) is 17.6. The Morgan fingerprint density at radius 1 is 0.946 bits per heavy atom. The normalized spacial score (nSPS) is 13.0. The molecule has 0 spiro atoms. The standard InChI is InChI=1S/C27H24F3N3O4/c1-15-2-6-18(12-21(15)28)17-7-3-16(4-8-17)5-9-25(34)19(27(36)37)10-11-33-26(35)20-13-22(29)23(30)14-24(20)31-32-33/h2-4,6-8,12-14,19,25,34H,5,9-11H2,1H3,(H,36,37)/t19-,25+/m0/s1. The van der Waals surface area contributed by atoms with Crippen molar-refractivity contribution in [3.05, 3.63) is 93.5 Å². The molecule has 0 amide bonds. The van der Waals surface area contributed by atoms with Crippen LogP contribution in [0.4, 0.5) is 13.2 Å². The van der Waals surface area contributed by atoms with Crippen LogP contribution in [0.25, 0.3) is 22.0 Å². The molecule has 0 unspecified atom stereocenters. The van der Waals surface area contributed by atoms with Crippen molar-refractivity contribution in [3.8, 4) is 11.1 Å². The second-order valence-corrected chi connectivity index (χ2v) is 8.90. The number of nitrogens with zero attached hydrogens (tertiary/aromatic N) is 3. The molecule has 3 aromatic carbocycles. The monoisotopic (exact) mass is 511 g/mol. The molecule has 2 N–H and O–H groups in total. The molecule has 0 radical (unpaired) electrons. The molecule has 4 rings (SSSR count). The van der Waals surface area contributed by atoms with Gasteiger partial charge in [0.05, 0.1) is 17.4 Å². The molecule has 4 aromatic rings. The van der Waals surface area contributed by atoms with Crippen molar-refractivity contribution < 1.29 is 28.2 Å². The molecule has 0 bridgehead atoms. The van der Waals surface area contributed by atoms with Gasteiger partial charge >= 0.3 is 5.97 Å². The number of benzene rings is 3. The average molecular weight is 512 g/mol. The average Bonchev–Trinajstić information content (AvgIpc) is 2.87. The zero-order chi connectivity index (χ0) is 26.7. The van der Waals surface area contributed by atoms with Gasteiger partial charge in [0.25, 0.3) is 5.56 Å². The van der Waals surface area contributed by atoms with Gasteiger partial charge in [0.2, 0.25) is 0 Å². The number of carboxylic acids is 1. The summed E-state index contributed by atoms with van der Waals surface area (Å²) in [6.07, 6.45) is -0.788. The molecule has 0 saturated heterocycles. The number of aryl methyl sites for hydroxylation is 3. The quantitative estimate of drug-likeness (QED) is 0.348. The maximum absolute atomic E-state index is 13.9. The Balaban J connectivity index is 1.40. The first-order valence-corrected chi connectivity index (χ1v) is 11.6. The minimum absolute atomic E-state index is 0.117. The number of aliphatic hydroxyl groups is 1. The molecular formula is C27H24F3N3O4. The molecule has 0 aliphatic rings. The minimum atomic E-state index is -1.24. The number of aliphatic carboxylic acids is 1. The van der Waals surface area contributed by atoms with E-state index in [9.17, 15) is 33.0 Å². The molecule has 10 heteroatoms. The number of fused-ring (bicyclic) bond motifs is 1. The van der Waals surface area contributed by atoms with Crippen LogP contribution in [0.15, 0.2) is 59.4 Å². The number of carboxylic acid groups (broad SMARTS) is 1. The van der Waals surface area contributed by atoms with Crippen LogP contribution in [0.1, 0.15) is 24.0 Å². The van der Waals surface area contributed by atoms with Crippen LogP contribution in [0.3, 0.4) is 0 Å². The van der Waals surface area contributed by atoms with E-state index in [1.807, 2.05) is 30.3 Å². The molecular weight excluding hydrogens is 487 g/mol. The van der Waals surface area contributed by atoms with Gasteiger partial charge in [-0.2, -0.15) is 0 Å². The highest BCUT2D eigenvalue weighted by Crippen LogP contribution is 2.23. The third kappa shape index (κ3) is 5.86. The smallest absolute Gasteiger partial charge is 0.309 e. The fourth-order valence-electron chi connectivity index (χ4n) is 4.11. The Kier molecular flexibility index (Phi) is 7.68. The predicted molar refractivity (Wildman–Crippen MR) is 130 cm³/mol. The zero-order valence-corrected chi connectivity index (χ0v) is 19.9. The molecule has 1 heterocycles. The Hall–Kier alpha value is -4.05. The van der Waals surface area contributed by atoms with E-state index >= 15 is 0 Å². The lowest BCUT2D eigenvalue weighted by atomic mass is 9.93. The second kappa shape index (κ2) is 10.9. The molecule has 7 nitrogen and oxygen atoms in total. The predicted octanol–water partition coefficient (Wildman–Crippen LogP) is 4.27. The molecule has 2 atom stereocenters. The summed E-state index contributed by atoms with van der Waals surface area (Å²) in [5, 5.41) is 27.4. The largest absolute Gasteiger partial charge is 0.481 e. The van der Waals surface area contributed by atoms with Gasteiger partial charge in [-0.3, -0.25) is 9.59 Å². The van der Waals surface area contributed by atoms with Crippen molar-refractivity contribution in [2.45, 2.75) is 38.8 Å². The van der Waals surface area contributed by atoms with E-state index in [2.05, 4.69) is 10.3 Å². The van der Waals surface area contributed by atoms with Crippen molar-refractivity contribution >= 4 is 16.9 Å². The highest BCUT2D eigenvalue weighted by molar-refractivity contribution is 5.77. The number of aromatic nitrogens is 3. The first-order valence-electron chi connectivity index (χ1n) is 11.6. The Morgan fingerprint density at radius 3 is 2.30 bits per heavy atom. The van der Waals surface area contributed by atoms with E-state index < -0.39 is 35.2 Å². The van der Waals surface area contributed by atoms with Crippen LogP contribution in [0, 0.1) is 30.3 Å². The third-order valence-corrected chi connectivity index (χ3v) is 6.39. The molecule has 0 fully saturated rings. The Labute approximate surface area is 209 Å². The van der Waals surface area contributed by atoms with Crippen molar-refractivity contribution in [1.82, 2.24) is 15.0 Å². The topological polar surface area (TPSA) is 105 Å². The fraction of sp³-hybridized carbons (Fsp3) is 0.259. The van der Waals surface area contributed by atoms with Crippen molar-refractivity contribution in [2.75, 3.05) is 0 Å². The summed E-state index contributed by atoms with van der Waals surface area (Å²) < 4.78 is 41.7. The first kappa shape index (κ1) is 26.0. The number of carbonyl (C=O) groups is 1. The highest BCUT2D eigenvalue weighted by Gasteiger charge is 2.26. The minimum Gasteiger partial charge on any atom is -0.481 e. The van der Waals surface area contributed by atoms with E-state index in [1.54, 1.807) is 13.0 Å².